The minimum absolute atomic E-state index is 0.326. The molecule has 1 saturated heterocycles. The van der Waals surface area contributed by atoms with Gasteiger partial charge in [0.2, 0.25) is 0 Å². The highest BCUT2D eigenvalue weighted by Crippen LogP contribution is 2.38. The molecule has 8 heteroatoms. The molecule has 1 aromatic carbocycles. The van der Waals surface area contributed by atoms with Gasteiger partial charge in [-0.2, -0.15) is 0 Å². The second kappa shape index (κ2) is 8.14. The Hall–Kier alpha value is -1.32. The number of aliphatic hydroxyl groups is 2. The smallest absolute Gasteiger partial charge is 0.161 e. The molecule has 0 saturated carbocycles. The van der Waals surface area contributed by atoms with E-state index in [4.69, 9.17) is 14.2 Å². The molecule has 0 radical (unpaired) electrons. The highest BCUT2D eigenvalue weighted by molar-refractivity contribution is 8.14. The number of methoxy groups -OCH3 is 1. The molecule has 26 heavy (non-hydrogen) atoms. The normalized spacial score (nSPS) is 31.9. The van der Waals surface area contributed by atoms with Crippen molar-refractivity contribution in [3.63, 3.8) is 0 Å². The summed E-state index contributed by atoms with van der Waals surface area (Å²) in [6.45, 7) is 2.16. The summed E-state index contributed by atoms with van der Waals surface area (Å²) in [7, 11) is 5.40. The number of aliphatic imine (C=N–C) groups is 1. The van der Waals surface area contributed by atoms with E-state index >= 15 is 0 Å². The Balaban J connectivity index is 1.64. The molecule has 1 fully saturated rings. The zero-order valence-electron chi connectivity index (χ0n) is 15.4. The average Bonchev–Trinajstić information content (AvgIpc) is 3.07. The van der Waals surface area contributed by atoms with Gasteiger partial charge in [-0.15, -0.1) is 0 Å². The highest BCUT2D eigenvalue weighted by Gasteiger charge is 2.50. The summed E-state index contributed by atoms with van der Waals surface area (Å²) in [6, 6.07) is 7.15. The Morgan fingerprint density at radius 1 is 1.27 bits per heavy atom. The van der Waals surface area contributed by atoms with Crippen LogP contribution in [0.3, 0.4) is 0 Å². The summed E-state index contributed by atoms with van der Waals surface area (Å²) in [4.78, 5) is 6.34. The van der Waals surface area contributed by atoms with Gasteiger partial charge in [-0.05, 0) is 13.0 Å². The maximum absolute atomic E-state index is 10.5. The number of fused-ring (bicyclic) bond motifs is 1. The van der Waals surface area contributed by atoms with Crippen LogP contribution in [0.4, 0.5) is 0 Å². The predicted octanol–water partition coefficient (Wildman–Crippen LogP) is 1.08. The number of nitrogens with zero attached hydrogens (tertiary/aromatic N) is 2. The molecule has 0 bridgehead atoms. The lowest BCUT2D eigenvalue weighted by Crippen LogP contribution is -2.58. The van der Waals surface area contributed by atoms with Crippen LogP contribution in [0.1, 0.15) is 12.5 Å². The number of para-hydroxylation sites is 1. The minimum Gasteiger partial charge on any atom is -0.496 e. The predicted molar refractivity (Wildman–Crippen MR) is 100 cm³/mol. The number of ether oxygens (including phenoxy) is 3. The molecule has 0 amide bonds. The topological polar surface area (TPSA) is 83.8 Å². The van der Waals surface area contributed by atoms with Crippen molar-refractivity contribution in [1.82, 2.24) is 4.90 Å². The molecule has 2 N–H and O–H groups in total. The third kappa shape index (κ3) is 3.84. The van der Waals surface area contributed by atoms with Crippen molar-refractivity contribution in [1.29, 1.82) is 0 Å². The monoisotopic (exact) mass is 382 g/mol. The van der Waals surface area contributed by atoms with E-state index in [9.17, 15) is 10.2 Å². The van der Waals surface area contributed by atoms with Crippen LogP contribution in [0.15, 0.2) is 29.3 Å². The summed E-state index contributed by atoms with van der Waals surface area (Å²) < 4.78 is 17.3. The van der Waals surface area contributed by atoms with E-state index in [0.717, 1.165) is 16.5 Å². The van der Waals surface area contributed by atoms with Crippen molar-refractivity contribution in [2.24, 2.45) is 4.99 Å². The van der Waals surface area contributed by atoms with Crippen molar-refractivity contribution >= 4 is 16.9 Å². The largest absolute Gasteiger partial charge is 0.496 e. The van der Waals surface area contributed by atoms with Crippen LogP contribution in [-0.2, 0) is 16.1 Å². The summed E-state index contributed by atoms with van der Waals surface area (Å²) in [5.74, 6) is 0.750. The molecule has 0 spiro atoms. The second-order valence-corrected chi connectivity index (χ2v) is 7.76. The van der Waals surface area contributed by atoms with Crippen molar-refractivity contribution in [3.05, 3.63) is 29.8 Å². The highest BCUT2D eigenvalue weighted by atomic mass is 32.2. The van der Waals surface area contributed by atoms with Crippen LogP contribution in [0.5, 0.6) is 5.75 Å². The Kier molecular flexibility index (Phi) is 6.09. The van der Waals surface area contributed by atoms with Crippen molar-refractivity contribution in [2.75, 3.05) is 21.2 Å². The molecule has 1 aromatic rings. The molecule has 2 heterocycles. The average molecular weight is 382 g/mol. The Bertz CT molecular complexity index is 656. The summed E-state index contributed by atoms with van der Waals surface area (Å²) >= 11 is 1.46. The number of thioether (sulfide) groups is 1. The third-order valence-electron chi connectivity index (χ3n) is 4.63. The number of hydrogen-bond acceptors (Lipinski definition) is 8. The lowest BCUT2D eigenvalue weighted by molar-refractivity contribution is -0.193. The van der Waals surface area contributed by atoms with E-state index in [1.807, 2.05) is 50.2 Å². The van der Waals surface area contributed by atoms with Crippen LogP contribution in [0.25, 0.3) is 0 Å². The molecular weight excluding hydrogens is 356 g/mol. The quantitative estimate of drug-likeness (QED) is 0.788. The Morgan fingerprint density at radius 3 is 2.69 bits per heavy atom. The van der Waals surface area contributed by atoms with Crippen molar-refractivity contribution in [3.8, 4) is 5.75 Å². The molecule has 6 atom stereocenters. The first-order chi connectivity index (χ1) is 12.4. The van der Waals surface area contributed by atoms with Gasteiger partial charge >= 0.3 is 0 Å². The Morgan fingerprint density at radius 2 is 2.00 bits per heavy atom. The fourth-order valence-corrected chi connectivity index (χ4v) is 4.26. The molecule has 144 valence electrons. The molecule has 0 aromatic heterocycles. The van der Waals surface area contributed by atoms with Crippen LogP contribution in [-0.4, -0.2) is 77.4 Å². The zero-order chi connectivity index (χ0) is 18.8. The molecule has 2 aliphatic heterocycles. The fraction of sp³-hybridized carbons (Fsp3) is 0.611. The maximum Gasteiger partial charge on any atom is 0.161 e. The van der Waals surface area contributed by atoms with Crippen LogP contribution in [0, 0.1) is 0 Å². The summed E-state index contributed by atoms with van der Waals surface area (Å²) in [5, 5.41) is 21.8. The van der Waals surface area contributed by atoms with Gasteiger partial charge in [-0.25, -0.2) is 0 Å². The lowest BCUT2D eigenvalue weighted by Gasteiger charge is -2.40. The van der Waals surface area contributed by atoms with E-state index in [1.165, 1.54) is 11.8 Å². The third-order valence-corrected chi connectivity index (χ3v) is 5.93. The zero-order valence-corrected chi connectivity index (χ0v) is 16.2. The second-order valence-electron chi connectivity index (χ2n) is 6.69. The van der Waals surface area contributed by atoms with Crippen molar-refractivity contribution < 1.29 is 24.4 Å². The van der Waals surface area contributed by atoms with Crippen LogP contribution >= 0.6 is 11.8 Å². The van der Waals surface area contributed by atoms with E-state index in [1.54, 1.807) is 7.11 Å². The molecule has 2 aliphatic rings. The van der Waals surface area contributed by atoms with Gasteiger partial charge in [0, 0.05) is 19.7 Å². The standard InChI is InChI=1S/C18H26N2O5S/c1-10(24-9-11-7-5-6-8-12(11)23-4)16-15(22)14(21)13-17(25-16)26-18(19-13)20(2)3/h5-8,10,13-17,21-22H,9H2,1-4H3/t10-,13+,14+,15-,16+,17+/m0/s1. The number of amidine groups is 1. The summed E-state index contributed by atoms with van der Waals surface area (Å²) in [6.07, 6.45) is -3.09. The number of rotatable bonds is 5. The van der Waals surface area contributed by atoms with E-state index in [2.05, 4.69) is 4.99 Å². The van der Waals surface area contributed by atoms with Crippen molar-refractivity contribution in [2.45, 2.75) is 49.4 Å². The van der Waals surface area contributed by atoms with E-state index < -0.39 is 30.5 Å². The number of hydrogen-bond donors (Lipinski definition) is 2. The first-order valence-corrected chi connectivity index (χ1v) is 9.47. The first kappa shape index (κ1) is 19.4. The van der Waals surface area contributed by atoms with Gasteiger partial charge in [-0.1, -0.05) is 30.0 Å². The molecule has 7 nitrogen and oxygen atoms in total. The summed E-state index contributed by atoms with van der Waals surface area (Å²) in [5.41, 5.74) is 0.590. The molecule has 0 unspecified atom stereocenters. The van der Waals surface area contributed by atoms with Gasteiger partial charge in [0.1, 0.15) is 35.5 Å². The number of benzene rings is 1. The lowest BCUT2D eigenvalue weighted by atomic mass is 9.95. The van der Waals surface area contributed by atoms with Crippen LogP contribution in [0.2, 0.25) is 0 Å². The van der Waals surface area contributed by atoms with Gasteiger partial charge in [0.15, 0.2) is 5.17 Å². The van der Waals surface area contributed by atoms with E-state index in [0.29, 0.717) is 6.61 Å². The molecular formula is C18H26N2O5S. The first-order valence-electron chi connectivity index (χ1n) is 8.59. The molecule has 3 rings (SSSR count). The van der Waals surface area contributed by atoms with Gasteiger partial charge in [-0.3, -0.25) is 4.99 Å². The van der Waals surface area contributed by atoms with Crippen LogP contribution < -0.4 is 4.74 Å². The Labute approximate surface area is 158 Å². The van der Waals surface area contributed by atoms with E-state index in [-0.39, 0.29) is 5.44 Å². The SMILES string of the molecule is COc1ccccc1CO[C@@H](C)[C@H]1O[C@@H]2SC(N(C)C)=N[C@@H]2[C@@H](O)[C@@H]1O. The fourth-order valence-electron chi connectivity index (χ4n) is 3.12. The maximum atomic E-state index is 10.5. The van der Waals surface area contributed by atoms with Gasteiger partial charge in [0.05, 0.1) is 19.8 Å². The molecule has 0 aliphatic carbocycles. The number of aliphatic hydroxyl groups excluding tert-OH is 2. The van der Waals surface area contributed by atoms with Gasteiger partial charge in [0.25, 0.3) is 0 Å². The minimum atomic E-state index is -1.06. The van der Waals surface area contributed by atoms with Gasteiger partial charge < -0.3 is 29.3 Å².